The quantitative estimate of drug-likeness (QED) is 0.680. The lowest BCUT2D eigenvalue weighted by Gasteiger charge is -2.22. The van der Waals surface area contributed by atoms with Gasteiger partial charge >= 0.3 is 5.97 Å². The van der Waals surface area contributed by atoms with Crippen LogP contribution >= 0.6 is 11.8 Å². The van der Waals surface area contributed by atoms with E-state index in [1.54, 1.807) is 11.8 Å². The summed E-state index contributed by atoms with van der Waals surface area (Å²) in [5, 5.41) is 12.5. The zero-order valence-electron chi connectivity index (χ0n) is 11.4. The lowest BCUT2D eigenvalue weighted by molar-refractivity contribution is -0.154. The van der Waals surface area contributed by atoms with Crippen LogP contribution in [-0.2, 0) is 9.53 Å². The number of carbonyl (C=O) groups excluding carboxylic acids is 1. The van der Waals surface area contributed by atoms with Gasteiger partial charge in [0.2, 0.25) is 0 Å². The first-order valence-electron chi connectivity index (χ1n) is 5.89. The van der Waals surface area contributed by atoms with E-state index < -0.39 is 5.60 Å². The number of carbonyl (C=O) groups is 1. The summed E-state index contributed by atoms with van der Waals surface area (Å²) >= 11 is 1.62. The van der Waals surface area contributed by atoms with E-state index in [1.807, 2.05) is 34.0 Å². The van der Waals surface area contributed by atoms with Gasteiger partial charge in [-0.3, -0.25) is 4.79 Å². The highest BCUT2D eigenvalue weighted by Crippen LogP contribution is 2.11. The number of esters is 1. The summed E-state index contributed by atoms with van der Waals surface area (Å²) in [6, 6.07) is 0.178. The standard InChI is InChI=1S/C12H25NO3S/c1-9(10(8-14)17-5)13-7-6-11(15)16-12(2,3)4/h9-10,13-14H,6-8H2,1-5H3. The Kier molecular flexibility index (Phi) is 7.83. The van der Waals surface area contributed by atoms with Crippen LogP contribution in [0, 0.1) is 0 Å². The minimum atomic E-state index is -0.421. The predicted molar refractivity (Wildman–Crippen MR) is 72.3 cm³/mol. The van der Waals surface area contributed by atoms with Gasteiger partial charge in [-0.05, 0) is 34.0 Å². The number of aliphatic hydroxyl groups excluding tert-OH is 1. The van der Waals surface area contributed by atoms with Crippen LogP contribution in [0.3, 0.4) is 0 Å². The molecule has 5 heteroatoms. The van der Waals surface area contributed by atoms with Crippen molar-refractivity contribution in [2.75, 3.05) is 19.4 Å². The molecule has 0 saturated carbocycles. The maximum absolute atomic E-state index is 11.4. The number of nitrogens with one attached hydrogen (secondary N) is 1. The van der Waals surface area contributed by atoms with Crippen molar-refractivity contribution >= 4 is 17.7 Å². The van der Waals surface area contributed by atoms with Crippen molar-refractivity contribution < 1.29 is 14.6 Å². The van der Waals surface area contributed by atoms with Gasteiger partial charge in [-0.15, -0.1) is 0 Å². The zero-order valence-corrected chi connectivity index (χ0v) is 12.3. The molecular weight excluding hydrogens is 238 g/mol. The fourth-order valence-corrected chi connectivity index (χ4v) is 2.02. The second-order valence-electron chi connectivity index (χ2n) is 5.04. The lowest BCUT2D eigenvalue weighted by Crippen LogP contribution is -2.39. The molecular formula is C12H25NO3S. The average Bonchev–Trinajstić information content (AvgIpc) is 2.16. The third-order valence-electron chi connectivity index (χ3n) is 2.26. The van der Waals surface area contributed by atoms with Crippen LogP contribution < -0.4 is 5.32 Å². The van der Waals surface area contributed by atoms with E-state index in [2.05, 4.69) is 5.32 Å². The van der Waals surface area contributed by atoms with E-state index in [1.165, 1.54) is 0 Å². The number of hydrogen-bond acceptors (Lipinski definition) is 5. The van der Waals surface area contributed by atoms with Crippen LogP contribution in [0.5, 0.6) is 0 Å². The largest absolute Gasteiger partial charge is 0.460 e. The van der Waals surface area contributed by atoms with Gasteiger partial charge in [-0.1, -0.05) is 0 Å². The SMILES string of the molecule is CSC(CO)C(C)NCCC(=O)OC(C)(C)C. The number of aliphatic hydroxyl groups is 1. The Balaban J connectivity index is 3.80. The van der Waals surface area contributed by atoms with E-state index >= 15 is 0 Å². The van der Waals surface area contributed by atoms with Gasteiger partial charge in [-0.25, -0.2) is 0 Å². The summed E-state index contributed by atoms with van der Waals surface area (Å²) in [7, 11) is 0. The predicted octanol–water partition coefficient (Wildman–Crippen LogP) is 1.42. The van der Waals surface area contributed by atoms with Gasteiger partial charge < -0.3 is 15.2 Å². The molecule has 0 aromatic carbocycles. The lowest BCUT2D eigenvalue weighted by atomic mass is 10.2. The highest BCUT2D eigenvalue weighted by molar-refractivity contribution is 7.99. The smallest absolute Gasteiger partial charge is 0.307 e. The van der Waals surface area contributed by atoms with Crippen molar-refractivity contribution in [1.82, 2.24) is 5.32 Å². The maximum atomic E-state index is 11.4. The van der Waals surface area contributed by atoms with E-state index in [4.69, 9.17) is 9.84 Å². The van der Waals surface area contributed by atoms with Gasteiger partial charge in [0.05, 0.1) is 13.0 Å². The van der Waals surface area contributed by atoms with Crippen molar-refractivity contribution in [3.05, 3.63) is 0 Å². The molecule has 2 N–H and O–H groups in total. The van der Waals surface area contributed by atoms with E-state index in [-0.39, 0.29) is 23.9 Å². The first-order chi connectivity index (χ1) is 7.80. The minimum Gasteiger partial charge on any atom is -0.460 e. The Labute approximate surface area is 108 Å². The second-order valence-corrected chi connectivity index (χ2v) is 6.11. The Morgan fingerprint density at radius 3 is 2.47 bits per heavy atom. The van der Waals surface area contributed by atoms with Crippen molar-refractivity contribution in [1.29, 1.82) is 0 Å². The van der Waals surface area contributed by atoms with Gasteiger partial charge in [0.25, 0.3) is 0 Å². The molecule has 0 rings (SSSR count). The Morgan fingerprint density at radius 1 is 1.47 bits per heavy atom. The molecule has 0 radical (unpaired) electrons. The van der Waals surface area contributed by atoms with Gasteiger partial charge in [-0.2, -0.15) is 11.8 Å². The molecule has 0 bridgehead atoms. The first-order valence-corrected chi connectivity index (χ1v) is 7.18. The molecule has 0 saturated heterocycles. The van der Waals surface area contributed by atoms with Gasteiger partial charge in [0.15, 0.2) is 0 Å². The maximum Gasteiger partial charge on any atom is 0.307 e. The highest BCUT2D eigenvalue weighted by atomic mass is 32.2. The summed E-state index contributed by atoms with van der Waals surface area (Å²) in [4.78, 5) is 11.4. The second kappa shape index (κ2) is 7.95. The van der Waals surface area contributed by atoms with Crippen LogP contribution in [-0.4, -0.2) is 47.4 Å². The van der Waals surface area contributed by atoms with Gasteiger partial charge in [0.1, 0.15) is 5.60 Å². The molecule has 0 amide bonds. The normalized spacial score (nSPS) is 15.4. The molecule has 4 nitrogen and oxygen atoms in total. The Hall–Kier alpha value is -0.260. The molecule has 0 aliphatic rings. The third-order valence-corrected chi connectivity index (χ3v) is 3.42. The fourth-order valence-electron chi connectivity index (χ4n) is 1.36. The Bertz CT molecular complexity index is 224. The molecule has 0 spiro atoms. The third kappa shape index (κ3) is 8.46. The molecule has 0 aliphatic carbocycles. The summed E-state index contributed by atoms with van der Waals surface area (Å²) in [6.45, 7) is 8.30. The molecule has 0 aromatic rings. The summed E-state index contributed by atoms with van der Waals surface area (Å²) in [5.41, 5.74) is -0.421. The van der Waals surface area contributed by atoms with E-state index in [0.717, 1.165) is 0 Å². The van der Waals surface area contributed by atoms with Crippen molar-refractivity contribution in [2.24, 2.45) is 0 Å². The Morgan fingerprint density at radius 2 is 2.06 bits per heavy atom. The van der Waals surface area contributed by atoms with Crippen LogP contribution in [0.25, 0.3) is 0 Å². The fraction of sp³-hybridized carbons (Fsp3) is 0.917. The first kappa shape index (κ1) is 16.7. The van der Waals surface area contributed by atoms with E-state index in [0.29, 0.717) is 13.0 Å². The average molecular weight is 263 g/mol. The summed E-state index contributed by atoms with van der Waals surface area (Å²) < 4.78 is 5.20. The molecule has 0 aliphatic heterocycles. The van der Waals surface area contributed by atoms with Crippen LogP contribution in [0.2, 0.25) is 0 Å². The number of rotatable bonds is 7. The van der Waals surface area contributed by atoms with Gasteiger partial charge in [0, 0.05) is 17.8 Å². The number of ether oxygens (including phenoxy) is 1. The monoisotopic (exact) mass is 263 g/mol. The molecule has 2 unspecified atom stereocenters. The molecule has 0 aromatic heterocycles. The van der Waals surface area contributed by atoms with Crippen molar-refractivity contribution in [3.63, 3.8) is 0 Å². The van der Waals surface area contributed by atoms with Crippen LogP contribution in [0.4, 0.5) is 0 Å². The van der Waals surface area contributed by atoms with Crippen molar-refractivity contribution in [3.8, 4) is 0 Å². The number of thioether (sulfide) groups is 1. The molecule has 102 valence electrons. The zero-order chi connectivity index (χ0) is 13.5. The molecule has 2 atom stereocenters. The number of hydrogen-bond donors (Lipinski definition) is 2. The summed E-state index contributed by atoms with van der Waals surface area (Å²) in [5.74, 6) is -0.193. The van der Waals surface area contributed by atoms with E-state index in [9.17, 15) is 4.79 Å². The highest BCUT2D eigenvalue weighted by Gasteiger charge is 2.17. The molecule has 0 fully saturated rings. The molecule has 0 heterocycles. The molecule has 17 heavy (non-hydrogen) atoms. The van der Waals surface area contributed by atoms with Crippen LogP contribution in [0.1, 0.15) is 34.1 Å². The van der Waals surface area contributed by atoms with Crippen molar-refractivity contribution in [2.45, 2.75) is 51.0 Å². The van der Waals surface area contributed by atoms with Crippen LogP contribution in [0.15, 0.2) is 0 Å². The minimum absolute atomic E-state index is 0.141. The summed E-state index contributed by atoms with van der Waals surface area (Å²) in [6.07, 6.45) is 2.32. The topological polar surface area (TPSA) is 58.6 Å².